The first-order chi connectivity index (χ1) is 15.4. The molecule has 4 aliphatic carbocycles. The van der Waals surface area contributed by atoms with Crippen LogP contribution in [0, 0.1) is 23.2 Å². The Balaban J connectivity index is 1.31. The first kappa shape index (κ1) is 21.1. The summed E-state index contributed by atoms with van der Waals surface area (Å²) in [7, 11) is 1.60. The van der Waals surface area contributed by atoms with Gasteiger partial charge in [-0.2, -0.15) is 5.26 Å². The number of halogens is 1. The van der Waals surface area contributed by atoms with Crippen LogP contribution in [0.4, 0.5) is 5.69 Å². The highest BCUT2D eigenvalue weighted by Gasteiger charge is 2.57. The monoisotopic (exact) mass is 446 g/mol. The third-order valence-corrected chi connectivity index (χ3v) is 7.98. The highest BCUT2D eigenvalue weighted by Crippen LogP contribution is 2.64. The van der Waals surface area contributed by atoms with Crippen molar-refractivity contribution < 1.29 is 9.53 Å². The number of nitrogens with one attached hydrogen (secondary N) is 1. The number of anilines is 1. The van der Waals surface area contributed by atoms with Gasteiger partial charge in [0.15, 0.2) is 0 Å². The van der Waals surface area contributed by atoms with E-state index in [0.29, 0.717) is 5.69 Å². The minimum absolute atomic E-state index is 0.0229. The molecule has 0 saturated heterocycles. The molecule has 0 unspecified atom stereocenters. The van der Waals surface area contributed by atoms with Crippen LogP contribution in [0.1, 0.15) is 49.7 Å². The maximum atomic E-state index is 12.7. The van der Waals surface area contributed by atoms with Crippen LogP contribution in [0.15, 0.2) is 54.1 Å². The van der Waals surface area contributed by atoms with Crippen molar-refractivity contribution in [3.05, 3.63) is 65.2 Å². The van der Waals surface area contributed by atoms with Gasteiger partial charge in [-0.05, 0) is 97.2 Å². The zero-order valence-corrected chi connectivity index (χ0v) is 19.0. The molecule has 0 aromatic heterocycles. The van der Waals surface area contributed by atoms with Crippen molar-refractivity contribution in [2.75, 3.05) is 12.4 Å². The lowest BCUT2D eigenvalue weighted by atomic mass is 9.47. The Hall–Kier alpha value is -2.77. The molecule has 4 nitrogen and oxygen atoms in total. The van der Waals surface area contributed by atoms with E-state index in [1.807, 2.05) is 30.3 Å². The summed E-state index contributed by atoms with van der Waals surface area (Å²) in [6.07, 6.45) is 8.76. The molecule has 1 N–H and O–H groups in total. The maximum absolute atomic E-state index is 12.7. The summed E-state index contributed by atoms with van der Waals surface area (Å²) in [6.45, 7) is 0. The van der Waals surface area contributed by atoms with Crippen molar-refractivity contribution in [3.8, 4) is 11.8 Å². The molecular weight excluding hydrogens is 420 g/mol. The second-order valence-electron chi connectivity index (χ2n) is 9.87. The normalized spacial score (nSPS) is 30.6. The number of nitrogens with zero attached hydrogens (tertiary/aromatic N) is 1. The Labute approximate surface area is 194 Å². The SMILES string of the molecule is COc1ccc(/C=C(\C#N)C(=O)Nc2ccc(C34C[C@H]5C[C@@H](CC(Cl)(C5)C3)C4)cc2)cc1. The second kappa shape index (κ2) is 7.98. The number of carbonyl (C=O) groups is 1. The Bertz CT molecular complexity index is 1080. The van der Waals surface area contributed by atoms with E-state index in [1.54, 1.807) is 25.3 Å². The standard InChI is InChI=1S/C27H27ClN2O2/c1-32-24-8-2-18(3-9-24)11-21(16-29)25(31)30-23-6-4-22(5-7-23)26-12-19-10-20(13-26)15-27(28,14-19)17-26/h2-9,11,19-20H,10,12-15,17H2,1H3,(H,30,31)/b21-11+/t19-,20-,26?,27?/m1/s1. The van der Waals surface area contributed by atoms with Gasteiger partial charge < -0.3 is 10.1 Å². The molecule has 4 aliphatic rings. The number of benzene rings is 2. The van der Waals surface area contributed by atoms with Gasteiger partial charge in [0, 0.05) is 10.6 Å². The van der Waals surface area contributed by atoms with Gasteiger partial charge in [0.05, 0.1) is 7.11 Å². The molecule has 32 heavy (non-hydrogen) atoms. The van der Waals surface area contributed by atoms with Gasteiger partial charge in [0.2, 0.25) is 0 Å². The molecule has 1 amide bonds. The van der Waals surface area contributed by atoms with Crippen LogP contribution in [0.3, 0.4) is 0 Å². The molecule has 4 saturated carbocycles. The fourth-order valence-corrected chi connectivity index (χ4v) is 7.30. The molecule has 0 heterocycles. The van der Waals surface area contributed by atoms with Gasteiger partial charge in [-0.3, -0.25) is 4.79 Å². The van der Waals surface area contributed by atoms with E-state index in [9.17, 15) is 10.1 Å². The average Bonchev–Trinajstić information content (AvgIpc) is 2.76. The molecule has 5 heteroatoms. The maximum Gasteiger partial charge on any atom is 0.266 e. The van der Waals surface area contributed by atoms with Crippen LogP contribution >= 0.6 is 11.6 Å². The van der Waals surface area contributed by atoms with Gasteiger partial charge in [-0.1, -0.05) is 24.3 Å². The minimum Gasteiger partial charge on any atom is -0.497 e. The number of hydrogen-bond donors (Lipinski definition) is 1. The Kier molecular flexibility index (Phi) is 5.26. The number of ether oxygens (including phenoxy) is 1. The number of carbonyl (C=O) groups excluding carboxylic acids is 1. The third-order valence-electron chi connectivity index (χ3n) is 7.54. The van der Waals surface area contributed by atoms with E-state index >= 15 is 0 Å². The number of hydrogen-bond acceptors (Lipinski definition) is 3. The summed E-state index contributed by atoms with van der Waals surface area (Å²) >= 11 is 7.00. The van der Waals surface area contributed by atoms with Gasteiger partial charge in [-0.25, -0.2) is 0 Å². The highest BCUT2D eigenvalue weighted by molar-refractivity contribution is 6.24. The van der Waals surface area contributed by atoms with Crippen LogP contribution in [0.2, 0.25) is 0 Å². The van der Waals surface area contributed by atoms with Crippen LogP contribution in [0.25, 0.3) is 6.08 Å². The molecule has 164 valence electrons. The first-order valence-corrected chi connectivity index (χ1v) is 11.6. The zero-order valence-electron chi connectivity index (χ0n) is 18.2. The molecule has 2 atom stereocenters. The van der Waals surface area contributed by atoms with Crippen molar-refractivity contribution in [1.29, 1.82) is 5.26 Å². The summed E-state index contributed by atoms with van der Waals surface area (Å²) in [5, 5.41) is 12.3. The van der Waals surface area contributed by atoms with Crippen molar-refractivity contribution in [3.63, 3.8) is 0 Å². The van der Waals surface area contributed by atoms with Gasteiger partial charge in [-0.15, -0.1) is 11.6 Å². The van der Waals surface area contributed by atoms with Gasteiger partial charge in [0.25, 0.3) is 5.91 Å². The predicted octanol–water partition coefficient (Wildman–Crippen LogP) is 6.07. The molecule has 2 aromatic rings. The lowest BCUT2D eigenvalue weighted by Crippen LogP contribution is -2.55. The number of alkyl halides is 1. The minimum atomic E-state index is -0.411. The largest absolute Gasteiger partial charge is 0.497 e. The van der Waals surface area contributed by atoms with Crippen LogP contribution in [0.5, 0.6) is 5.75 Å². The van der Waals surface area contributed by atoms with E-state index in [0.717, 1.165) is 29.6 Å². The summed E-state index contributed by atoms with van der Waals surface area (Å²) in [6, 6.07) is 17.4. The van der Waals surface area contributed by atoms with Crippen LogP contribution in [-0.2, 0) is 10.2 Å². The number of amides is 1. The summed E-state index contributed by atoms with van der Waals surface area (Å²) in [5.74, 6) is 1.80. The molecule has 0 radical (unpaired) electrons. The molecule has 6 rings (SSSR count). The third kappa shape index (κ3) is 3.91. The van der Waals surface area contributed by atoms with E-state index in [4.69, 9.17) is 16.3 Å². The van der Waals surface area contributed by atoms with E-state index < -0.39 is 5.91 Å². The Morgan fingerprint density at radius 1 is 1.09 bits per heavy atom. The molecule has 4 fully saturated rings. The van der Waals surface area contributed by atoms with Gasteiger partial charge >= 0.3 is 0 Å². The fraction of sp³-hybridized carbons (Fsp3) is 0.407. The van der Waals surface area contributed by atoms with Crippen molar-refractivity contribution in [2.24, 2.45) is 11.8 Å². The molecule has 4 bridgehead atoms. The van der Waals surface area contributed by atoms with Crippen LogP contribution < -0.4 is 10.1 Å². The van der Waals surface area contributed by atoms with Gasteiger partial charge in [0.1, 0.15) is 17.4 Å². The summed E-state index contributed by atoms with van der Waals surface area (Å²) in [5.41, 5.74) is 3.04. The van der Waals surface area contributed by atoms with E-state index in [2.05, 4.69) is 17.4 Å². The molecular formula is C27H27ClN2O2. The lowest BCUT2D eigenvalue weighted by molar-refractivity contribution is -0.112. The fourth-order valence-electron chi connectivity index (χ4n) is 6.61. The second-order valence-corrected chi connectivity index (χ2v) is 10.7. The summed E-state index contributed by atoms with van der Waals surface area (Å²) in [4.78, 5) is 12.7. The van der Waals surface area contributed by atoms with Crippen LogP contribution in [-0.4, -0.2) is 17.9 Å². The zero-order chi connectivity index (χ0) is 22.3. The van der Waals surface area contributed by atoms with Crippen molar-refractivity contribution >= 4 is 29.3 Å². The predicted molar refractivity (Wildman–Crippen MR) is 127 cm³/mol. The highest BCUT2D eigenvalue weighted by atomic mass is 35.5. The van der Waals surface area contributed by atoms with Crippen molar-refractivity contribution in [2.45, 2.75) is 48.8 Å². The average molecular weight is 447 g/mol. The van der Waals surface area contributed by atoms with Crippen molar-refractivity contribution in [1.82, 2.24) is 0 Å². The Morgan fingerprint density at radius 3 is 2.31 bits per heavy atom. The molecule has 2 aromatic carbocycles. The van der Waals surface area contributed by atoms with E-state index in [1.165, 1.54) is 37.7 Å². The number of methoxy groups -OCH3 is 1. The smallest absolute Gasteiger partial charge is 0.266 e. The summed E-state index contributed by atoms with van der Waals surface area (Å²) < 4.78 is 5.15. The lowest BCUT2D eigenvalue weighted by Gasteiger charge is -2.60. The number of nitriles is 1. The molecule has 0 spiro atoms. The quantitative estimate of drug-likeness (QED) is 0.344. The number of rotatable bonds is 5. The Morgan fingerprint density at radius 2 is 1.75 bits per heavy atom. The topological polar surface area (TPSA) is 62.1 Å². The molecule has 0 aliphatic heterocycles. The first-order valence-electron chi connectivity index (χ1n) is 11.3. The van der Waals surface area contributed by atoms with E-state index in [-0.39, 0.29) is 15.9 Å².